The highest BCUT2D eigenvalue weighted by molar-refractivity contribution is 5.86. The summed E-state index contributed by atoms with van der Waals surface area (Å²) in [6, 6.07) is 9.51. The minimum absolute atomic E-state index is 0.236. The molecule has 1 aliphatic heterocycles. The van der Waals surface area contributed by atoms with Crippen LogP contribution in [0.5, 0.6) is 11.5 Å². The van der Waals surface area contributed by atoms with Crippen molar-refractivity contribution in [2.24, 2.45) is 0 Å². The third kappa shape index (κ3) is 3.06. The monoisotopic (exact) mass is 361 g/mol. The van der Waals surface area contributed by atoms with E-state index in [9.17, 15) is 0 Å². The average molecular weight is 361 g/mol. The molecule has 5 rings (SSSR count). The standard InChI is InChI=1S/C18H15N7O2/c1-2-11(7-19-5-1)8-20-18-24-16-15(21-9-22-16)17(25-18)23-12-3-4-13-14(6-12)27-10-26-13/h1-7,9H,8,10H2,(H3,20,21,22,23,24,25). The van der Waals surface area contributed by atoms with Crippen LogP contribution in [-0.4, -0.2) is 31.7 Å². The quantitative estimate of drug-likeness (QED) is 0.498. The molecular formula is C18H15N7O2. The van der Waals surface area contributed by atoms with Crippen LogP contribution in [0.4, 0.5) is 17.5 Å². The highest BCUT2D eigenvalue weighted by Gasteiger charge is 2.15. The highest BCUT2D eigenvalue weighted by Crippen LogP contribution is 2.35. The maximum Gasteiger partial charge on any atom is 0.231 e. The highest BCUT2D eigenvalue weighted by atomic mass is 16.7. The van der Waals surface area contributed by atoms with Crippen molar-refractivity contribution in [1.82, 2.24) is 24.9 Å². The lowest BCUT2D eigenvalue weighted by atomic mass is 10.2. The largest absolute Gasteiger partial charge is 0.454 e. The Bertz CT molecular complexity index is 1100. The number of imidazole rings is 1. The summed E-state index contributed by atoms with van der Waals surface area (Å²) in [5, 5.41) is 6.50. The first-order chi connectivity index (χ1) is 13.3. The van der Waals surface area contributed by atoms with Crippen LogP contribution in [0.1, 0.15) is 5.56 Å². The van der Waals surface area contributed by atoms with Crippen LogP contribution in [0, 0.1) is 0 Å². The van der Waals surface area contributed by atoms with E-state index in [0.717, 1.165) is 22.5 Å². The van der Waals surface area contributed by atoms with E-state index in [-0.39, 0.29) is 6.79 Å². The van der Waals surface area contributed by atoms with Gasteiger partial charge in [0.15, 0.2) is 23.0 Å². The van der Waals surface area contributed by atoms with Crippen molar-refractivity contribution in [3.8, 4) is 11.5 Å². The van der Waals surface area contributed by atoms with Gasteiger partial charge in [-0.1, -0.05) is 6.07 Å². The molecule has 0 atom stereocenters. The van der Waals surface area contributed by atoms with Gasteiger partial charge in [0.2, 0.25) is 12.7 Å². The van der Waals surface area contributed by atoms with E-state index in [1.807, 2.05) is 30.3 Å². The molecule has 27 heavy (non-hydrogen) atoms. The number of aromatic nitrogens is 5. The zero-order chi connectivity index (χ0) is 18.1. The molecule has 0 saturated heterocycles. The molecule has 4 heterocycles. The Morgan fingerprint density at radius 3 is 3.00 bits per heavy atom. The first-order valence-electron chi connectivity index (χ1n) is 8.36. The molecule has 134 valence electrons. The first-order valence-corrected chi connectivity index (χ1v) is 8.36. The van der Waals surface area contributed by atoms with Gasteiger partial charge in [-0.25, -0.2) is 4.98 Å². The fourth-order valence-electron chi connectivity index (χ4n) is 2.80. The SMILES string of the molecule is c1cncc(CNc2nc(Nc3ccc4c(c3)OCO4)c3[nH]cnc3n2)c1. The summed E-state index contributed by atoms with van der Waals surface area (Å²) >= 11 is 0. The van der Waals surface area contributed by atoms with E-state index in [4.69, 9.17) is 9.47 Å². The van der Waals surface area contributed by atoms with E-state index < -0.39 is 0 Å². The number of ether oxygens (including phenoxy) is 2. The Hall–Kier alpha value is -3.88. The zero-order valence-electron chi connectivity index (χ0n) is 14.1. The maximum atomic E-state index is 5.43. The summed E-state index contributed by atoms with van der Waals surface area (Å²) < 4.78 is 10.8. The van der Waals surface area contributed by atoms with E-state index in [1.165, 1.54) is 0 Å². The topological polar surface area (TPSA) is 110 Å². The Balaban J connectivity index is 1.43. The molecule has 3 N–H and O–H groups in total. The Labute approximate surface area is 153 Å². The van der Waals surface area contributed by atoms with Crippen molar-refractivity contribution in [1.29, 1.82) is 0 Å². The normalized spacial score (nSPS) is 12.3. The molecule has 3 aromatic heterocycles. The van der Waals surface area contributed by atoms with Crippen LogP contribution in [0.25, 0.3) is 11.2 Å². The van der Waals surface area contributed by atoms with Crippen LogP contribution in [0.2, 0.25) is 0 Å². The van der Waals surface area contributed by atoms with Crippen LogP contribution in [0.15, 0.2) is 49.1 Å². The number of rotatable bonds is 5. The molecule has 0 aliphatic carbocycles. The molecule has 0 bridgehead atoms. The second-order valence-corrected chi connectivity index (χ2v) is 5.90. The van der Waals surface area contributed by atoms with Crippen molar-refractivity contribution < 1.29 is 9.47 Å². The molecule has 0 amide bonds. The van der Waals surface area contributed by atoms with Crippen molar-refractivity contribution in [3.05, 3.63) is 54.6 Å². The van der Waals surface area contributed by atoms with E-state index in [2.05, 4.69) is 35.6 Å². The third-order valence-corrected chi connectivity index (χ3v) is 4.09. The smallest absolute Gasteiger partial charge is 0.231 e. The molecule has 0 radical (unpaired) electrons. The molecule has 1 aromatic carbocycles. The van der Waals surface area contributed by atoms with E-state index in [0.29, 0.717) is 29.7 Å². The second-order valence-electron chi connectivity index (χ2n) is 5.90. The number of nitrogens with zero attached hydrogens (tertiary/aromatic N) is 4. The van der Waals surface area contributed by atoms with Crippen LogP contribution >= 0.6 is 0 Å². The van der Waals surface area contributed by atoms with Gasteiger partial charge in [-0.15, -0.1) is 0 Å². The third-order valence-electron chi connectivity index (χ3n) is 4.09. The fourth-order valence-corrected chi connectivity index (χ4v) is 2.80. The molecule has 0 saturated carbocycles. The summed E-state index contributed by atoms with van der Waals surface area (Å²) in [6.07, 6.45) is 5.13. The number of benzene rings is 1. The minimum Gasteiger partial charge on any atom is -0.454 e. The second kappa shape index (κ2) is 6.45. The van der Waals surface area contributed by atoms with Crippen LogP contribution < -0.4 is 20.1 Å². The summed E-state index contributed by atoms with van der Waals surface area (Å²) in [7, 11) is 0. The van der Waals surface area contributed by atoms with E-state index >= 15 is 0 Å². The Morgan fingerprint density at radius 2 is 2.07 bits per heavy atom. The molecule has 0 fully saturated rings. The van der Waals surface area contributed by atoms with Gasteiger partial charge in [-0.2, -0.15) is 9.97 Å². The van der Waals surface area contributed by atoms with Crippen LogP contribution in [-0.2, 0) is 6.54 Å². The number of anilines is 3. The lowest BCUT2D eigenvalue weighted by molar-refractivity contribution is 0.174. The van der Waals surface area contributed by atoms with Gasteiger partial charge in [0.1, 0.15) is 5.52 Å². The number of aromatic amines is 1. The van der Waals surface area contributed by atoms with Gasteiger partial charge in [-0.05, 0) is 23.8 Å². The van der Waals surface area contributed by atoms with Crippen molar-refractivity contribution in [2.45, 2.75) is 6.54 Å². The van der Waals surface area contributed by atoms with Gasteiger partial charge in [-0.3, -0.25) is 4.98 Å². The van der Waals surface area contributed by atoms with Gasteiger partial charge in [0.05, 0.1) is 6.33 Å². The van der Waals surface area contributed by atoms with Crippen molar-refractivity contribution >= 4 is 28.6 Å². The molecule has 9 nitrogen and oxygen atoms in total. The molecule has 1 aliphatic rings. The van der Waals surface area contributed by atoms with Gasteiger partial charge < -0.3 is 25.1 Å². The molecule has 0 spiro atoms. The predicted molar refractivity (Wildman–Crippen MR) is 99.1 cm³/mol. The Kier molecular flexibility index (Phi) is 3.67. The number of nitrogens with one attached hydrogen (secondary N) is 3. The lowest BCUT2D eigenvalue weighted by Gasteiger charge is -2.10. The summed E-state index contributed by atoms with van der Waals surface area (Å²) in [6.45, 7) is 0.798. The number of pyridine rings is 1. The number of hydrogen-bond acceptors (Lipinski definition) is 8. The summed E-state index contributed by atoms with van der Waals surface area (Å²) in [5.74, 6) is 2.52. The van der Waals surface area contributed by atoms with Crippen molar-refractivity contribution in [2.75, 3.05) is 17.4 Å². The fraction of sp³-hybridized carbons (Fsp3) is 0.111. The molecule has 9 heteroatoms. The number of hydrogen-bond donors (Lipinski definition) is 3. The summed E-state index contributed by atoms with van der Waals surface area (Å²) in [5.41, 5.74) is 3.15. The number of fused-ring (bicyclic) bond motifs is 2. The summed E-state index contributed by atoms with van der Waals surface area (Å²) in [4.78, 5) is 20.4. The maximum absolute atomic E-state index is 5.43. The van der Waals surface area contributed by atoms with Crippen LogP contribution in [0.3, 0.4) is 0 Å². The minimum atomic E-state index is 0.236. The lowest BCUT2D eigenvalue weighted by Crippen LogP contribution is -2.06. The Morgan fingerprint density at radius 1 is 1.11 bits per heavy atom. The molecule has 4 aromatic rings. The molecule has 0 unspecified atom stereocenters. The predicted octanol–water partition coefficient (Wildman–Crippen LogP) is 2.83. The van der Waals surface area contributed by atoms with Crippen molar-refractivity contribution in [3.63, 3.8) is 0 Å². The average Bonchev–Trinajstić information content (AvgIpc) is 3.36. The van der Waals surface area contributed by atoms with Gasteiger partial charge in [0.25, 0.3) is 0 Å². The van der Waals surface area contributed by atoms with Gasteiger partial charge in [0, 0.05) is 30.7 Å². The zero-order valence-corrected chi connectivity index (χ0v) is 14.1. The van der Waals surface area contributed by atoms with Gasteiger partial charge >= 0.3 is 0 Å². The first kappa shape index (κ1) is 15.4. The number of H-pyrrole nitrogens is 1. The molecular weight excluding hydrogens is 346 g/mol. The van der Waals surface area contributed by atoms with E-state index in [1.54, 1.807) is 18.7 Å².